The third kappa shape index (κ3) is 6.69. The van der Waals surface area contributed by atoms with Gasteiger partial charge in [0, 0.05) is 33.0 Å². The average molecular weight is 460 g/mol. The zero-order chi connectivity index (χ0) is 20.5. The Bertz CT molecular complexity index is 785. The molecule has 152 valence electrons. The second kappa shape index (κ2) is 11.7. The highest BCUT2D eigenvalue weighted by Gasteiger charge is 2.15. The van der Waals surface area contributed by atoms with E-state index in [1.165, 1.54) is 11.8 Å². The van der Waals surface area contributed by atoms with Crippen LogP contribution in [0.25, 0.3) is 0 Å². The maximum Gasteiger partial charge on any atom is 0.233 e. The van der Waals surface area contributed by atoms with E-state index >= 15 is 0 Å². The number of rotatable bonds is 10. The first-order chi connectivity index (χ1) is 13.5. The Kier molecular flexibility index (Phi) is 9.65. The molecule has 2 aromatic rings. The van der Waals surface area contributed by atoms with Gasteiger partial charge in [-0.2, -0.15) is 11.8 Å². The van der Waals surface area contributed by atoms with Crippen molar-refractivity contribution in [2.45, 2.75) is 22.8 Å². The monoisotopic (exact) mass is 459 g/mol. The van der Waals surface area contributed by atoms with Crippen LogP contribution in [-0.4, -0.2) is 37.7 Å². The van der Waals surface area contributed by atoms with E-state index in [0.29, 0.717) is 33.8 Å². The van der Waals surface area contributed by atoms with E-state index in [1.807, 2.05) is 43.3 Å². The Morgan fingerprint density at radius 1 is 1.11 bits per heavy atom. The molecule has 0 aliphatic carbocycles. The molecule has 8 heteroatoms. The lowest BCUT2D eigenvalue weighted by Crippen LogP contribution is -2.32. The molecule has 0 aliphatic heterocycles. The minimum Gasteiger partial charge on any atom is -0.493 e. The predicted octanol–water partition coefficient (Wildman–Crippen LogP) is 5.54. The smallest absolute Gasteiger partial charge is 0.233 e. The maximum absolute atomic E-state index is 12.3. The van der Waals surface area contributed by atoms with E-state index in [0.717, 1.165) is 16.2 Å². The molecule has 0 unspecified atom stereocenters. The number of methoxy groups -OCH3 is 2. The van der Waals surface area contributed by atoms with E-state index in [1.54, 1.807) is 26.0 Å². The van der Waals surface area contributed by atoms with Crippen LogP contribution < -0.4 is 14.8 Å². The summed E-state index contributed by atoms with van der Waals surface area (Å²) in [6.45, 7) is 2.47. The van der Waals surface area contributed by atoms with Gasteiger partial charge in [-0.05, 0) is 42.8 Å². The van der Waals surface area contributed by atoms with Crippen LogP contribution in [0.2, 0.25) is 10.0 Å². The topological polar surface area (TPSA) is 47.6 Å². The van der Waals surface area contributed by atoms with Gasteiger partial charge in [0.05, 0.1) is 19.5 Å². The molecule has 1 atom stereocenters. The van der Waals surface area contributed by atoms with Gasteiger partial charge in [-0.3, -0.25) is 4.79 Å². The Labute approximate surface area is 184 Å². The Balaban J connectivity index is 1.75. The van der Waals surface area contributed by atoms with Gasteiger partial charge in [0.1, 0.15) is 0 Å². The summed E-state index contributed by atoms with van der Waals surface area (Å²) in [5.74, 6) is 2.80. The summed E-state index contributed by atoms with van der Waals surface area (Å²) in [6, 6.07) is 11.1. The molecule has 0 saturated heterocycles. The zero-order valence-electron chi connectivity index (χ0n) is 16.0. The van der Waals surface area contributed by atoms with Crippen LogP contribution in [0.15, 0.2) is 41.3 Å². The number of hydrogen-bond donors (Lipinski definition) is 1. The first-order valence-electron chi connectivity index (χ1n) is 8.63. The number of amides is 1. The number of nitrogens with one attached hydrogen (secondary N) is 1. The van der Waals surface area contributed by atoms with Crippen LogP contribution in [0.5, 0.6) is 11.5 Å². The van der Waals surface area contributed by atoms with Crippen LogP contribution in [0, 0.1) is 0 Å². The molecule has 1 N–H and O–H groups in total. The van der Waals surface area contributed by atoms with Gasteiger partial charge >= 0.3 is 0 Å². The lowest BCUT2D eigenvalue weighted by Gasteiger charge is -2.14. The van der Waals surface area contributed by atoms with Crippen molar-refractivity contribution in [3.63, 3.8) is 0 Å². The van der Waals surface area contributed by atoms with Crippen molar-refractivity contribution in [3.8, 4) is 11.5 Å². The maximum atomic E-state index is 12.3. The van der Waals surface area contributed by atoms with Gasteiger partial charge in [-0.25, -0.2) is 0 Å². The molecular formula is C20H23Cl2NO3S2. The minimum atomic E-state index is -0.221. The summed E-state index contributed by atoms with van der Waals surface area (Å²) in [6.07, 6.45) is 0. The fraction of sp³-hybridized carbons (Fsp3) is 0.350. The highest BCUT2D eigenvalue weighted by Crippen LogP contribution is 2.33. The molecule has 1 amide bonds. The molecule has 2 rings (SSSR count). The number of benzene rings is 2. The Morgan fingerprint density at radius 2 is 1.79 bits per heavy atom. The first-order valence-corrected chi connectivity index (χ1v) is 11.4. The quantitative estimate of drug-likeness (QED) is 0.373. The van der Waals surface area contributed by atoms with E-state index in [9.17, 15) is 4.79 Å². The van der Waals surface area contributed by atoms with Gasteiger partial charge in [0.15, 0.2) is 11.5 Å². The number of hydrogen-bond acceptors (Lipinski definition) is 5. The van der Waals surface area contributed by atoms with Crippen LogP contribution in [0.3, 0.4) is 0 Å². The summed E-state index contributed by atoms with van der Waals surface area (Å²) in [7, 11) is 3.19. The number of halogens is 2. The highest BCUT2D eigenvalue weighted by atomic mass is 35.5. The average Bonchev–Trinajstić information content (AvgIpc) is 2.69. The summed E-state index contributed by atoms with van der Waals surface area (Å²) < 4.78 is 10.5. The van der Waals surface area contributed by atoms with Crippen LogP contribution in [0.4, 0.5) is 0 Å². The lowest BCUT2D eigenvalue weighted by atomic mass is 10.2. The fourth-order valence-corrected chi connectivity index (χ4v) is 4.90. The summed E-state index contributed by atoms with van der Waals surface area (Å²) >= 11 is 15.5. The van der Waals surface area contributed by atoms with E-state index < -0.39 is 0 Å². The zero-order valence-corrected chi connectivity index (χ0v) is 19.1. The highest BCUT2D eigenvalue weighted by molar-refractivity contribution is 8.00. The van der Waals surface area contributed by atoms with Gasteiger partial charge < -0.3 is 14.8 Å². The third-order valence-electron chi connectivity index (χ3n) is 3.89. The molecule has 0 fully saturated rings. The second-order valence-corrected chi connectivity index (χ2v) is 9.15. The molecule has 0 bridgehead atoms. The molecule has 28 heavy (non-hydrogen) atoms. The number of ether oxygens (including phenoxy) is 2. The summed E-state index contributed by atoms with van der Waals surface area (Å²) in [5.41, 5.74) is 0.930. The molecule has 0 aromatic heterocycles. The molecule has 2 aromatic carbocycles. The largest absolute Gasteiger partial charge is 0.493 e. The Hall–Kier alpha value is -1.21. The minimum absolute atomic E-state index is 0.00355. The Morgan fingerprint density at radius 3 is 2.43 bits per heavy atom. The van der Waals surface area contributed by atoms with E-state index in [4.69, 9.17) is 32.7 Å². The normalized spacial score (nSPS) is 11.8. The number of thioether (sulfide) groups is 2. The van der Waals surface area contributed by atoms with Crippen molar-refractivity contribution < 1.29 is 14.3 Å². The lowest BCUT2D eigenvalue weighted by molar-refractivity contribution is -0.120. The van der Waals surface area contributed by atoms with Crippen molar-refractivity contribution >= 4 is 52.6 Å². The van der Waals surface area contributed by atoms with Crippen LogP contribution >= 0.6 is 46.7 Å². The molecule has 0 saturated carbocycles. The van der Waals surface area contributed by atoms with Gasteiger partial charge in [-0.1, -0.05) is 29.3 Å². The molecule has 0 heterocycles. The fourth-order valence-electron chi connectivity index (χ4n) is 2.38. The van der Waals surface area contributed by atoms with Gasteiger partial charge in [-0.15, -0.1) is 11.8 Å². The van der Waals surface area contributed by atoms with Crippen LogP contribution in [0.1, 0.15) is 12.5 Å². The van der Waals surface area contributed by atoms with Crippen molar-refractivity contribution in [1.82, 2.24) is 5.32 Å². The van der Waals surface area contributed by atoms with Crippen molar-refractivity contribution in [2.24, 2.45) is 0 Å². The predicted molar refractivity (Wildman–Crippen MR) is 120 cm³/mol. The SMILES string of the molecule is COc1ccc(S[C@H](C)C(=O)NCCSCc2c(Cl)cccc2Cl)cc1OC. The number of carbonyl (C=O) groups excluding carboxylic acids is 1. The molecule has 0 aliphatic rings. The van der Waals surface area contributed by atoms with Crippen LogP contribution in [-0.2, 0) is 10.5 Å². The van der Waals surface area contributed by atoms with E-state index in [2.05, 4.69) is 5.32 Å². The summed E-state index contributed by atoms with van der Waals surface area (Å²) in [4.78, 5) is 13.3. The number of carbonyl (C=O) groups is 1. The summed E-state index contributed by atoms with van der Waals surface area (Å²) in [5, 5.41) is 4.09. The third-order valence-corrected chi connectivity index (χ3v) is 6.68. The molecule has 0 radical (unpaired) electrons. The van der Waals surface area contributed by atoms with Crippen molar-refractivity contribution in [2.75, 3.05) is 26.5 Å². The molecule has 4 nitrogen and oxygen atoms in total. The van der Waals surface area contributed by atoms with Gasteiger partial charge in [0.2, 0.25) is 5.91 Å². The first kappa shape index (κ1) is 23.1. The van der Waals surface area contributed by atoms with Crippen molar-refractivity contribution in [1.29, 1.82) is 0 Å². The van der Waals surface area contributed by atoms with Crippen molar-refractivity contribution in [3.05, 3.63) is 52.0 Å². The molecular weight excluding hydrogens is 437 g/mol. The molecule has 0 spiro atoms. The standard InChI is InChI=1S/C20H23Cl2NO3S2/c1-13(28-14-7-8-18(25-2)19(11-14)26-3)20(24)23-9-10-27-12-15-16(21)5-4-6-17(15)22/h4-8,11,13H,9-10,12H2,1-3H3,(H,23,24)/t13-/m1/s1. The van der Waals surface area contributed by atoms with E-state index in [-0.39, 0.29) is 11.2 Å². The second-order valence-electron chi connectivity index (χ2n) is 5.82. The van der Waals surface area contributed by atoms with Gasteiger partial charge in [0.25, 0.3) is 0 Å².